The molecule has 1 N–H and O–H groups in total. The topological polar surface area (TPSA) is 84.3 Å². The highest BCUT2D eigenvalue weighted by Gasteiger charge is 2.31. The van der Waals surface area contributed by atoms with E-state index in [4.69, 9.17) is 0 Å². The van der Waals surface area contributed by atoms with Gasteiger partial charge in [0.1, 0.15) is 0 Å². The molecule has 1 aromatic heterocycles. The number of carbonyl (C=O) groups is 1. The van der Waals surface area contributed by atoms with Crippen molar-refractivity contribution in [1.29, 1.82) is 0 Å². The summed E-state index contributed by atoms with van der Waals surface area (Å²) in [4.78, 5) is 14.2. The van der Waals surface area contributed by atoms with Crippen molar-refractivity contribution in [2.45, 2.75) is 32.9 Å². The molecule has 146 valence electrons. The maximum Gasteiger partial charge on any atom is 0.238 e. The van der Waals surface area contributed by atoms with Crippen LogP contribution in [0.2, 0.25) is 0 Å². The molecule has 0 saturated carbocycles. The summed E-state index contributed by atoms with van der Waals surface area (Å²) >= 11 is 0. The van der Waals surface area contributed by atoms with Crippen LogP contribution in [0.15, 0.2) is 30.3 Å². The number of likely N-dealkylation sites (N-methyl/N-ethyl adjacent to an activating group) is 1. The van der Waals surface area contributed by atoms with Gasteiger partial charge >= 0.3 is 0 Å². The molecule has 0 radical (unpaired) electrons. The Morgan fingerprint density at radius 3 is 2.63 bits per heavy atom. The lowest BCUT2D eigenvalue weighted by Gasteiger charge is -2.17. The Hall–Kier alpha value is -2.19. The molecule has 7 nitrogen and oxygen atoms in total. The average molecular weight is 391 g/mol. The molecule has 0 aliphatic carbocycles. The van der Waals surface area contributed by atoms with Crippen molar-refractivity contribution in [3.63, 3.8) is 0 Å². The number of aryl methyl sites for hydroxylation is 1. The van der Waals surface area contributed by atoms with E-state index in [1.807, 2.05) is 60.8 Å². The van der Waals surface area contributed by atoms with Crippen molar-refractivity contribution in [3.05, 3.63) is 47.3 Å². The summed E-state index contributed by atoms with van der Waals surface area (Å²) in [5, 5.41) is 7.46. The lowest BCUT2D eigenvalue weighted by molar-refractivity contribution is -0.117. The maximum absolute atomic E-state index is 12.2. The fourth-order valence-corrected chi connectivity index (χ4v) is 5.23. The molecular weight excluding hydrogens is 364 g/mol. The molecule has 1 atom stereocenters. The molecule has 2 aromatic rings. The summed E-state index contributed by atoms with van der Waals surface area (Å²) in [6, 6.07) is 9.28. The number of carbonyl (C=O) groups excluding carboxylic acids is 1. The lowest BCUT2D eigenvalue weighted by Crippen LogP contribution is -2.30. The average Bonchev–Trinajstić information content (AvgIpc) is 3.09. The van der Waals surface area contributed by atoms with Crippen LogP contribution in [0, 0.1) is 13.8 Å². The van der Waals surface area contributed by atoms with Crippen molar-refractivity contribution < 1.29 is 13.2 Å². The van der Waals surface area contributed by atoms with Crippen LogP contribution in [0.25, 0.3) is 0 Å². The molecule has 1 amide bonds. The number of para-hydroxylation sites is 1. The van der Waals surface area contributed by atoms with Crippen molar-refractivity contribution in [2.75, 3.05) is 30.4 Å². The van der Waals surface area contributed by atoms with Crippen molar-refractivity contribution >= 4 is 21.4 Å². The van der Waals surface area contributed by atoms with Gasteiger partial charge in [-0.2, -0.15) is 5.10 Å². The predicted molar refractivity (Wildman–Crippen MR) is 105 cm³/mol. The third-order valence-corrected chi connectivity index (χ3v) is 6.68. The van der Waals surface area contributed by atoms with E-state index in [-0.39, 0.29) is 30.0 Å². The van der Waals surface area contributed by atoms with Crippen LogP contribution >= 0.6 is 0 Å². The van der Waals surface area contributed by atoms with Gasteiger partial charge in [0.15, 0.2) is 9.84 Å². The molecule has 0 bridgehead atoms. The number of benzene rings is 1. The number of hydrogen-bond donors (Lipinski definition) is 1. The van der Waals surface area contributed by atoms with E-state index in [0.29, 0.717) is 13.0 Å². The normalized spacial score (nSPS) is 18.7. The van der Waals surface area contributed by atoms with E-state index in [1.165, 1.54) is 0 Å². The van der Waals surface area contributed by atoms with Crippen molar-refractivity contribution in [1.82, 2.24) is 14.7 Å². The fraction of sp³-hybridized carbons (Fsp3) is 0.474. The maximum atomic E-state index is 12.2. The molecule has 1 aromatic carbocycles. The van der Waals surface area contributed by atoms with Crippen LogP contribution in [0.5, 0.6) is 0 Å². The number of nitrogens with zero attached hydrogens (tertiary/aromatic N) is 3. The predicted octanol–water partition coefficient (Wildman–Crippen LogP) is 1.93. The molecule has 1 aliphatic rings. The summed E-state index contributed by atoms with van der Waals surface area (Å²) < 4.78 is 25.4. The summed E-state index contributed by atoms with van der Waals surface area (Å²) in [7, 11) is -1.07. The SMILES string of the molecule is Cc1nn([C@H]2CCS(=O)(=O)C2)c(C)c1CN(C)CC(=O)Nc1ccccc1. The zero-order valence-corrected chi connectivity index (χ0v) is 16.8. The van der Waals surface area contributed by atoms with Gasteiger partial charge in [0.05, 0.1) is 29.8 Å². The highest BCUT2D eigenvalue weighted by Crippen LogP contribution is 2.27. The Labute approximate surface area is 160 Å². The number of nitrogens with one attached hydrogen (secondary N) is 1. The zero-order chi connectivity index (χ0) is 19.6. The van der Waals surface area contributed by atoms with Gasteiger partial charge in [0.25, 0.3) is 0 Å². The molecule has 0 unspecified atom stereocenters. The minimum Gasteiger partial charge on any atom is -0.325 e. The second kappa shape index (κ2) is 7.82. The van der Waals surface area contributed by atoms with Crippen LogP contribution in [0.3, 0.4) is 0 Å². The van der Waals surface area contributed by atoms with E-state index in [2.05, 4.69) is 10.4 Å². The Bertz CT molecular complexity index is 922. The number of anilines is 1. The van der Waals surface area contributed by atoms with Gasteiger partial charge in [-0.1, -0.05) is 18.2 Å². The monoisotopic (exact) mass is 390 g/mol. The van der Waals surface area contributed by atoms with Gasteiger partial charge in [-0.15, -0.1) is 0 Å². The largest absolute Gasteiger partial charge is 0.325 e. The smallest absolute Gasteiger partial charge is 0.238 e. The van der Waals surface area contributed by atoms with Gasteiger partial charge in [0, 0.05) is 23.5 Å². The minimum atomic E-state index is -2.96. The molecule has 1 aliphatic heterocycles. The van der Waals surface area contributed by atoms with Crippen LogP contribution in [-0.4, -0.2) is 54.1 Å². The first-order chi connectivity index (χ1) is 12.7. The quantitative estimate of drug-likeness (QED) is 0.815. The van der Waals surface area contributed by atoms with Crippen LogP contribution in [0.1, 0.15) is 29.4 Å². The van der Waals surface area contributed by atoms with E-state index in [0.717, 1.165) is 22.6 Å². The van der Waals surface area contributed by atoms with Crippen LogP contribution in [-0.2, 0) is 21.2 Å². The third kappa shape index (κ3) is 4.75. The van der Waals surface area contributed by atoms with Gasteiger partial charge in [-0.3, -0.25) is 14.4 Å². The minimum absolute atomic E-state index is 0.0757. The number of sulfone groups is 1. The first-order valence-electron chi connectivity index (χ1n) is 9.03. The summed E-state index contributed by atoms with van der Waals surface area (Å²) in [5.74, 6) is 0.308. The lowest BCUT2D eigenvalue weighted by atomic mass is 10.1. The molecular formula is C19H26N4O3S. The Morgan fingerprint density at radius 2 is 2.00 bits per heavy atom. The van der Waals surface area contributed by atoms with Gasteiger partial charge in [-0.25, -0.2) is 8.42 Å². The number of hydrogen-bond acceptors (Lipinski definition) is 5. The zero-order valence-electron chi connectivity index (χ0n) is 16.0. The third-order valence-electron chi connectivity index (χ3n) is 4.93. The Balaban J connectivity index is 1.64. The first kappa shape index (κ1) is 19.6. The number of amides is 1. The number of rotatable bonds is 6. The van der Waals surface area contributed by atoms with E-state index in [9.17, 15) is 13.2 Å². The second-order valence-corrected chi connectivity index (χ2v) is 9.47. The molecule has 1 saturated heterocycles. The Morgan fingerprint density at radius 1 is 1.30 bits per heavy atom. The number of aromatic nitrogens is 2. The van der Waals surface area contributed by atoms with E-state index >= 15 is 0 Å². The van der Waals surface area contributed by atoms with E-state index in [1.54, 1.807) is 0 Å². The van der Waals surface area contributed by atoms with Gasteiger partial charge in [-0.05, 0) is 39.4 Å². The van der Waals surface area contributed by atoms with Gasteiger partial charge < -0.3 is 5.32 Å². The van der Waals surface area contributed by atoms with Crippen molar-refractivity contribution in [3.8, 4) is 0 Å². The molecule has 0 spiro atoms. The summed E-state index contributed by atoms with van der Waals surface area (Å²) in [6.07, 6.45) is 0.610. The van der Waals surface area contributed by atoms with Crippen LogP contribution < -0.4 is 5.32 Å². The van der Waals surface area contributed by atoms with Crippen molar-refractivity contribution in [2.24, 2.45) is 0 Å². The van der Waals surface area contributed by atoms with Gasteiger partial charge in [0.2, 0.25) is 5.91 Å². The Kier molecular flexibility index (Phi) is 5.67. The molecule has 3 rings (SSSR count). The summed E-state index contributed by atoms with van der Waals surface area (Å²) in [6.45, 7) is 4.74. The molecule has 1 fully saturated rings. The highest BCUT2D eigenvalue weighted by molar-refractivity contribution is 7.91. The van der Waals surface area contributed by atoms with E-state index < -0.39 is 9.84 Å². The molecule has 8 heteroatoms. The molecule has 27 heavy (non-hydrogen) atoms. The standard InChI is InChI=1S/C19H26N4O3S/c1-14-18(15(2)23(21-14)17-9-10-27(25,26)13-17)11-22(3)12-19(24)20-16-7-5-4-6-8-16/h4-8,17H,9-13H2,1-3H3,(H,20,24)/t17-/m0/s1. The first-order valence-corrected chi connectivity index (χ1v) is 10.9. The second-order valence-electron chi connectivity index (χ2n) is 7.24. The van der Waals surface area contributed by atoms with Crippen LogP contribution in [0.4, 0.5) is 5.69 Å². The fourth-order valence-electron chi connectivity index (χ4n) is 3.54. The highest BCUT2D eigenvalue weighted by atomic mass is 32.2. The molecule has 2 heterocycles. The summed E-state index contributed by atoms with van der Waals surface area (Å²) in [5.41, 5.74) is 3.69.